The van der Waals surface area contributed by atoms with Crippen LogP contribution in [0.25, 0.3) is 0 Å². The van der Waals surface area contributed by atoms with E-state index >= 15 is 0 Å². The lowest BCUT2D eigenvalue weighted by Crippen LogP contribution is -2.57. The lowest BCUT2D eigenvalue weighted by molar-refractivity contribution is -0.124. The van der Waals surface area contributed by atoms with Gasteiger partial charge in [0.05, 0.1) is 5.54 Å². The van der Waals surface area contributed by atoms with Gasteiger partial charge >= 0.3 is 0 Å². The second-order valence-corrected chi connectivity index (χ2v) is 6.30. The van der Waals surface area contributed by atoms with Crippen LogP contribution < -0.4 is 11.1 Å². The Balaban J connectivity index is 1.83. The molecule has 1 aliphatic carbocycles. The third kappa shape index (κ3) is 3.46. The fourth-order valence-electron chi connectivity index (χ4n) is 3.03. The van der Waals surface area contributed by atoms with E-state index in [0.29, 0.717) is 6.04 Å². The van der Waals surface area contributed by atoms with Crippen LogP contribution in [0.5, 0.6) is 0 Å². The number of nitrogens with one attached hydrogen (secondary N) is 1. The predicted octanol–water partition coefficient (Wildman–Crippen LogP) is 0.00840. The molecule has 3 N–H and O–H groups in total. The number of carbonyl (C=O) groups is 1. The summed E-state index contributed by atoms with van der Waals surface area (Å²) in [4.78, 5) is 16.6. The standard InChI is InChI=1S/C14H28N4O/c1-11(10-14(2,16-3)13(15)19)17-6-8-18(9-7-17)12-4-5-12/h11-12,16H,4-10H2,1-3H3,(H2,15,19). The van der Waals surface area contributed by atoms with Gasteiger partial charge < -0.3 is 11.1 Å². The molecule has 1 aliphatic heterocycles. The highest BCUT2D eigenvalue weighted by molar-refractivity contribution is 5.84. The second kappa shape index (κ2) is 5.77. The fraction of sp³-hybridized carbons (Fsp3) is 0.929. The van der Waals surface area contributed by atoms with Gasteiger partial charge in [0.1, 0.15) is 0 Å². The van der Waals surface area contributed by atoms with Crippen molar-refractivity contribution in [3.63, 3.8) is 0 Å². The zero-order valence-corrected chi connectivity index (χ0v) is 12.5. The van der Waals surface area contributed by atoms with E-state index in [1.807, 2.05) is 14.0 Å². The highest BCUT2D eigenvalue weighted by Gasteiger charge is 2.35. The molecule has 5 nitrogen and oxygen atoms in total. The lowest BCUT2D eigenvalue weighted by atomic mass is 9.92. The van der Waals surface area contributed by atoms with Crippen LogP contribution in [0.1, 0.15) is 33.1 Å². The van der Waals surface area contributed by atoms with Gasteiger partial charge in [0, 0.05) is 38.3 Å². The molecular formula is C14H28N4O. The first-order valence-corrected chi connectivity index (χ1v) is 7.43. The number of piperazine rings is 1. The molecule has 19 heavy (non-hydrogen) atoms. The normalized spacial score (nSPS) is 26.9. The first-order chi connectivity index (χ1) is 8.96. The van der Waals surface area contributed by atoms with Crippen LogP contribution in [-0.2, 0) is 4.79 Å². The summed E-state index contributed by atoms with van der Waals surface area (Å²) in [5, 5.41) is 3.07. The molecule has 1 saturated heterocycles. The summed E-state index contributed by atoms with van der Waals surface area (Å²) in [7, 11) is 1.81. The summed E-state index contributed by atoms with van der Waals surface area (Å²) in [5.74, 6) is -0.265. The molecule has 110 valence electrons. The Morgan fingerprint density at radius 1 is 1.37 bits per heavy atom. The molecule has 0 aromatic rings. The molecule has 2 unspecified atom stereocenters. The molecule has 1 saturated carbocycles. The molecule has 2 aliphatic rings. The Bertz CT molecular complexity index is 323. The van der Waals surface area contributed by atoms with Crippen molar-refractivity contribution < 1.29 is 4.79 Å². The fourth-order valence-corrected chi connectivity index (χ4v) is 3.03. The van der Waals surface area contributed by atoms with Crippen molar-refractivity contribution in [1.82, 2.24) is 15.1 Å². The third-order valence-corrected chi connectivity index (χ3v) is 4.83. The molecule has 0 aromatic carbocycles. The Labute approximate surface area is 116 Å². The van der Waals surface area contributed by atoms with Crippen molar-refractivity contribution in [1.29, 1.82) is 0 Å². The zero-order valence-electron chi connectivity index (χ0n) is 12.5. The van der Waals surface area contributed by atoms with Crippen molar-refractivity contribution in [2.45, 2.75) is 50.7 Å². The number of nitrogens with two attached hydrogens (primary N) is 1. The van der Waals surface area contributed by atoms with Gasteiger partial charge in [-0.15, -0.1) is 0 Å². The van der Waals surface area contributed by atoms with Gasteiger partial charge in [0.2, 0.25) is 5.91 Å². The molecule has 0 bridgehead atoms. The zero-order chi connectivity index (χ0) is 14.0. The number of nitrogens with zero attached hydrogens (tertiary/aromatic N) is 2. The summed E-state index contributed by atoms with van der Waals surface area (Å²) in [6.45, 7) is 8.65. The smallest absolute Gasteiger partial charge is 0.237 e. The van der Waals surface area contributed by atoms with Crippen LogP contribution in [0.4, 0.5) is 0 Å². The molecular weight excluding hydrogens is 240 g/mol. The molecule has 5 heteroatoms. The van der Waals surface area contributed by atoms with Crippen molar-refractivity contribution >= 4 is 5.91 Å². The van der Waals surface area contributed by atoms with E-state index in [4.69, 9.17) is 5.73 Å². The molecule has 0 aromatic heterocycles. The van der Waals surface area contributed by atoms with Crippen LogP contribution in [0.2, 0.25) is 0 Å². The van der Waals surface area contributed by atoms with E-state index in [9.17, 15) is 4.79 Å². The quantitative estimate of drug-likeness (QED) is 0.712. The third-order valence-electron chi connectivity index (χ3n) is 4.83. The van der Waals surface area contributed by atoms with Crippen LogP contribution >= 0.6 is 0 Å². The highest BCUT2D eigenvalue weighted by Crippen LogP contribution is 2.28. The largest absolute Gasteiger partial charge is 0.368 e. The molecule has 0 spiro atoms. The Morgan fingerprint density at radius 2 is 1.95 bits per heavy atom. The number of likely N-dealkylation sites (N-methyl/N-ethyl adjacent to an activating group) is 1. The summed E-state index contributed by atoms with van der Waals surface area (Å²) in [5.41, 5.74) is 4.90. The maximum Gasteiger partial charge on any atom is 0.237 e. The minimum absolute atomic E-state index is 0.265. The average molecular weight is 268 g/mol. The number of amides is 1. The minimum Gasteiger partial charge on any atom is -0.368 e. The van der Waals surface area contributed by atoms with E-state index in [2.05, 4.69) is 22.0 Å². The molecule has 2 fully saturated rings. The predicted molar refractivity (Wildman–Crippen MR) is 76.9 cm³/mol. The number of hydrogen-bond acceptors (Lipinski definition) is 4. The summed E-state index contributed by atoms with van der Waals surface area (Å²) >= 11 is 0. The van der Waals surface area contributed by atoms with Gasteiger partial charge in [-0.2, -0.15) is 0 Å². The second-order valence-electron chi connectivity index (χ2n) is 6.30. The van der Waals surface area contributed by atoms with Gasteiger partial charge in [0.25, 0.3) is 0 Å². The van der Waals surface area contributed by atoms with Crippen molar-refractivity contribution in [3.8, 4) is 0 Å². The first kappa shape index (κ1) is 14.8. The van der Waals surface area contributed by atoms with Gasteiger partial charge in [-0.3, -0.25) is 14.6 Å². The Kier molecular flexibility index (Phi) is 4.48. The topological polar surface area (TPSA) is 61.6 Å². The molecule has 1 heterocycles. The highest BCUT2D eigenvalue weighted by atomic mass is 16.1. The molecule has 1 amide bonds. The van der Waals surface area contributed by atoms with E-state index in [-0.39, 0.29) is 5.91 Å². The SMILES string of the molecule is CNC(C)(CC(C)N1CCN(C2CC2)CC1)C(N)=O. The van der Waals surface area contributed by atoms with E-state index < -0.39 is 5.54 Å². The first-order valence-electron chi connectivity index (χ1n) is 7.43. The monoisotopic (exact) mass is 268 g/mol. The van der Waals surface area contributed by atoms with Crippen LogP contribution in [0, 0.1) is 0 Å². The number of rotatable bonds is 6. The molecule has 0 radical (unpaired) electrons. The molecule has 2 atom stereocenters. The minimum atomic E-state index is -0.604. The maximum atomic E-state index is 11.6. The summed E-state index contributed by atoms with van der Waals surface area (Å²) in [6, 6.07) is 1.25. The van der Waals surface area contributed by atoms with E-state index in [0.717, 1.165) is 25.6 Å². The van der Waals surface area contributed by atoms with Crippen LogP contribution in [-0.4, -0.2) is 66.6 Å². The number of carbonyl (C=O) groups excluding carboxylic acids is 1. The van der Waals surface area contributed by atoms with Crippen molar-refractivity contribution in [3.05, 3.63) is 0 Å². The Morgan fingerprint density at radius 3 is 2.37 bits per heavy atom. The van der Waals surface area contributed by atoms with Gasteiger partial charge in [-0.1, -0.05) is 0 Å². The maximum absolute atomic E-state index is 11.6. The average Bonchev–Trinajstić information content (AvgIpc) is 3.22. The van der Waals surface area contributed by atoms with Gasteiger partial charge in [0.15, 0.2) is 0 Å². The Hall–Kier alpha value is -0.650. The summed E-state index contributed by atoms with van der Waals surface area (Å²) < 4.78 is 0. The number of hydrogen-bond donors (Lipinski definition) is 2. The van der Waals surface area contributed by atoms with Crippen LogP contribution in [0.15, 0.2) is 0 Å². The van der Waals surface area contributed by atoms with Crippen molar-refractivity contribution in [2.75, 3.05) is 33.2 Å². The van der Waals surface area contributed by atoms with Crippen molar-refractivity contribution in [2.24, 2.45) is 5.73 Å². The lowest BCUT2D eigenvalue weighted by Gasteiger charge is -2.40. The molecule has 2 rings (SSSR count). The number of primary amides is 1. The van der Waals surface area contributed by atoms with E-state index in [1.54, 1.807) is 0 Å². The van der Waals surface area contributed by atoms with E-state index in [1.165, 1.54) is 25.9 Å². The summed E-state index contributed by atoms with van der Waals surface area (Å²) in [6.07, 6.45) is 3.53. The van der Waals surface area contributed by atoms with Crippen LogP contribution in [0.3, 0.4) is 0 Å². The van der Waals surface area contributed by atoms with Gasteiger partial charge in [-0.25, -0.2) is 0 Å². The van der Waals surface area contributed by atoms with Gasteiger partial charge in [-0.05, 0) is 40.2 Å².